The molecule has 0 unspecified atom stereocenters. The molecule has 0 fully saturated rings. The van der Waals surface area contributed by atoms with Crippen molar-refractivity contribution in [3.05, 3.63) is 75.4 Å². The van der Waals surface area contributed by atoms with E-state index in [4.69, 9.17) is 23.2 Å². The number of hydrogen-bond acceptors (Lipinski definition) is 3. The first-order chi connectivity index (χ1) is 12.1. The maximum atomic E-state index is 12.4. The molecule has 2 aromatic rings. The second kappa shape index (κ2) is 7.60. The lowest BCUT2D eigenvalue weighted by Gasteiger charge is -2.27. The lowest BCUT2D eigenvalue weighted by Crippen LogP contribution is -2.27. The summed E-state index contributed by atoms with van der Waals surface area (Å²) >= 11 is 11.9. The van der Waals surface area contributed by atoms with Crippen molar-refractivity contribution in [3.63, 3.8) is 0 Å². The molecule has 6 heteroatoms. The van der Waals surface area contributed by atoms with Crippen LogP contribution in [0.2, 0.25) is 10.0 Å². The topological polar surface area (TPSA) is 56.1 Å². The van der Waals surface area contributed by atoms with E-state index in [2.05, 4.69) is 17.4 Å². The van der Waals surface area contributed by atoms with Crippen LogP contribution in [0.1, 0.15) is 11.1 Å². The summed E-state index contributed by atoms with van der Waals surface area (Å²) in [5.74, 6) is -0.495. The fourth-order valence-electron chi connectivity index (χ4n) is 2.73. The lowest BCUT2D eigenvalue weighted by atomic mass is 10.0. The number of anilines is 1. The van der Waals surface area contributed by atoms with Crippen molar-refractivity contribution >= 4 is 34.8 Å². The van der Waals surface area contributed by atoms with Gasteiger partial charge in [0, 0.05) is 24.3 Å². The van der Waals surface area contributed by atoms with Gasteiger partial charge in [0.2, 0.25) is 0 Å². The van der Waals surface area contributed by atoms with Crippen molar-refractivity contribution in [3.8, 4) is 6.07 Å². The van der Waals surface area contributed by atoms with Crippen molar-refractivity contribution in [2.45, 2.75) is 13.0 Å². The van der Waals surface area contributed by atoms with Gasteiger partial charge in [0.15, 0.2) is 0 Å². The Morgan fingerprint density at radius 1 is 1.20 bits per heavy atom. The van der Waals surface area contributed by atoms with E-state index in [9.17, 15) is 10.1 Å². The van der Waals surface area contributed by atoms with Gasteiger partial charge in [-0.3, -0.25) is 4.79 Å². The first-order valence-electron chi connectivity index (χ1n) is 7.76. The zero-order valence-corrected chi connectivity index (χ0v) is 14.8. The second-order valence-electron chi connectivity index (χ2n) is 5.72. The normalized spacial score (nSPS) is 13.8. The van der Waals surface area contributed by atoms with Gasteiger partial charge >= 0.3 is 0 Å². The number of rotatable bonds is 3. The van der Waals surface area contributed by atoms with Crippen molar-refractivity contribution < 1.29 is 4.79 Å². The molecular weight excluding hydrogens is 357 g/mol. The SMILES string of the molecule is N#C/C(=C/N1CCc2ccccc2C1)C(=O)Nc1ccc(Cl)cc1Cl. The van der Waals surface area contributed by atoms with Crippen molar-refractivity contribution in [1.29, 1.82) is 5.26 Å². The third-order valence-corrected chi connectivity index (χ3v) is 4.56. The van der Waals surface area contributed by atoms with E-state index >= 15 is 0 Å². The van der Waals surface area contributed by atoms with Crippen molar-refractivity contribution in [2.24, 2.45) is 0 Å². The molecule has 0 saturated carbocycles. The molecule has 0 atom stereocenters. The van der Waals surface area contributed by atoms with E-state index in [1.54, 1.807) is 18.3 Å². The minimum atomic E-state index is -0.495. The highest BCUT2D eigenvalue weighted by Gasteiger charge is 2.17. The highest BCUT2D eigenvalue weighted by Crippen LogP contribution is 2.26. The first kappa shape index (κ1) is 17.3. The largest absolute Gasteiger partial charge is 0.371 e. The molecule has 25 heavy (non-hydrogen) atoms. The lowest BCUT2D eigenvalue weighted by molar-refractivity contribution is -0.112. The molecule has 4 nitrogen and oxygen atoms in total. The Labute approximate surface area is 156 Å². The summed E-state index contributed by atoms with van der Waals surface area (Å²) in [6.07, 6.45) is 2.49. The monoisotopic (exact) mass is 371 g/mol. The Balaban J connectivity index is 1.75. The summed E-state index contributed by atoms with van der Waals surface area (Å²) in [7, 11) is 0. The van der Waals surface area contributed by atoms with E-state index in [1.165, 1.54) is 17.2 Å². The molecule has 3 rings (SSSR count). The smallest absolute Gasteiger partial charge is 0.267 e. The standard InChI is InChI=1S/C19H15Cl2N3O/c20-16-5-6-18(17(21)9-16)23-19(25)15(10-22)12-24-8-7-13-3-1-2-4-14(13)11-24/h1-6,9,12H,7-8,11H2,(H,23,25)/b15-12-. The average molecular weight is 372 g/mol. The molecular formula is C19H15Cl2N3O. The zero-order chi connectivity index (χ0) is 17.8. The quantitative estimate of drug-likeness (QED) is 0.642. The van der Waals surface area contributed by atoms with Crippen LogP contribution in [0.3, 0.4) is 0 Å². The molecule has 0 aromatic heterocycles. The summed E-state index contributed by atoms with van der Waals surface area (Å²) in [6.45, 7) is 1.44. The number of halogens is 2. The maximum absolute atomic E-state index is 12.4. The van der Waals surface area contributed by atoms with E-state index < -0.39 is 5.91 Å². The predicted octanol–water partition coefficient (Wildman–Crippen LogP) is 4.40. The summed E-state index contributed by atoms with van der Waals surface area (Å²) in [4.78, 5) is 14.4. The van der Waals surface area contributed by atoms with Gasteiger partial charge in [-0.15, -0.1) is 0 Å². The van der Waals surface area contributed by atoms with Crippen LogP contribution in [0.5, 0.6) is 0 Å². The minimum Gasteiger partial charge on any atom is -0.371 e. The number of nitrogens with one attached hydrogen (secondary N) is 1. The number of fused-ring (bicyclic) bond motifs is 1. The highest BCUT2D eigenvalue weighted by molar-refractivity contribution is 6.36. The molecule has 1 aliphatic rings. The van der Waals surface area contributed by atoms with Crippen LogP contribution < -0.4 is 5.32 Å². The summed E-state index contributed by atoms with van der Waals surface area (Å²) < 4.78 is 0. The Bertz CT molecular complexity index is 886. The molecule has 1 aliphatic heterocycles. The number of carbonyl (C=O) groups is 1. The third kappa shape index (κ3) is 4.14. The first-order valence-corrected chi connectivity index (χ1v) is 8.51. The molecule has 1 N–H and O–H groups in total. The Morgan fingerprint density at radius 3 is 2.68 bits per heavy atom. The fourth-order valence-corrected chi connectivity index (χ4v) is 3.18. The number of nitriles is 1. The van der Waals surface area contributed by atoms with Gasteiger partial charge in [-0.05, 0) is 35.7 Å². The Morgan fingerprint density at radius 2 is 1.96 bits per heavy atom. The van der Waals surface area contributed by atoms with Gasteiger partial charge in [0.25, 0.3) is 5.91 Å². The minimum absolute atomic E-state index is 0.0328. The van der Waals surface area contributed by atoms with Crippen LogP contribution in [0.25, 0.3) is 0 Å². The molecule has 1 heterocycles. The van der Waals surface area contributed by atoms with E-state index in [1.807, 2.05) is 23.1 Å². The molecule has 0 spiro atoms. The van der Waals surface area contributed by atoms with Crippen LogP contribution in [0, 0.1) is 11.3 Å². The van der Waals surface area contributed by atoms with Crippen LogP contribution in [-0.4, -0.2) is 17.4 Å². The van der Waals surface area contributed by atoms with Crippen LogP contribution >= 0.6 is 23.2 Å². The summed E-state index contributed by atoms with van der Waals surface area (Å²) in [6, 6.07) is 14.9. The number of nitrogens with zero attached hydrogens (tertiary/aromatic N) is 2. The van der Waals surface area contributed by atoms with Crippen molar-refractivity contribution in [1.82, 2.24) is 4.90 Å². The Hall–Kier alpha value is -2.48. The number of carbonyl (C=O) groups excluding carboxylic acids is 1. The summed E-state index contributed by atoms with van der Waals surface area (Å²) in [5, 5.41) is 12.8. The van der Waals surface area contributed by atoms with Crippen molar-refractivity contribution in [2.75, 3.05) is 11.9 Å². The van der Waals surface area contributed by atoms with Crippen LogP contribution in [0.15, 0.2) is 54.2 Å². The zero-order valence-electron chi connectivity index (χ0n) is 13.3. The average Bonchev–Trinajstić information content (AvgIpc) is 2.61. The van der Waals surface area contributed by atoms with E-state index in [0.717, 1.165) is 13.0 Å². The van der Waals surface area contributed by atoms with Gasteiger partial charge in [0.1, 0.15) is 11.6 Å². The predicted molar refractivity (Wildman–Crippen MR) is 99.3 cm³/mol. The third-order valence-electron chi connectivity index (χ3n) is 4.02. The summed E-state index contributed by atoms with van der Waals surface area (Å²) in [5.41, 5.74) is 2.97. The molecule has 0 radical (unpaired) electrons. The Kier molecular flexibility index (Phi) is 5.28. The van der Waals surface area contributed by atoms with Gasteiger partial charge in [-0.2, -0.15) is 5.26 Å². The molecule has 1 amide bonds. The van der Waals surface area contributed by atoms with Gasteiger partial charge < -0.3 is 10.2 Å². The molecule has 126 valence electrons. The second-order valence-corrected chi connectivity index (χ2v) is 6.57. The van der Waals surface area contributed by atoms with E-state index in [0.29, 0.717) is 22.3 Å². The van der Waals surface area contributed by atoms with Crippen LogP contribution in [-0.2, 0) is 17.8 Å². The van der Waals surface area contributed by atoms with Crippen LogP contribution in [0.4, 0.5) is 5.69 Å². The fraction of sp³-hybridized carbons (Fsp3) is 0.158. The molecule has 2 aromatic carbocycles. The maximum Gasteiger partial charge on any atom is 0.267 e. The van der Waals surface area contributed by atoms with Gasteiger partial charge in [0.05, 0.1) is 10.7 Å². The molecule has 0 aliphatic carbocycles. The molecule has 0 bridgehead atoms. The number of benzene rings is 2. The highest BCUT2D eigenvalue weighted by atomic mass is 35.5. The number of hydrogen-bond donors (Lipinski definition) is 1. The van der Waals surface area contributed by atoms with Gasteiger partial charge in [-0.1, -0.05) is 47.5 Å². The van der Waals surface area contributed by atoms with E-state index in [-0.39, 0.29) is 5.57 Å². The number of amides is 1. The van der Waals surface area contributed by atoms with Gasteiger partial charge in [-0.25, -0.2) is 0 Å². The molecule has 0 saturated heterocycles.